The van der Waals surface area contributed by atoms with Crippen LogP contribution in [0, 0.1) is 6.92 Å². The van der Waals surface area contributed by atoms with Crippen LogP contribution in [0.15, 0.2) is 133 Å². The third-order valence-corrected chi connectivity index (χ3v) is 8.17. The third-order valence-electron chi connectivity index (χ3n) is 8.17. The van der Waals surface area contributed by atoms with E-state index in [2.05, 4.69) is 145 Å². The molecular weight excluding hydrogens is 470 g/mol. The second-order valence-corrected chi connectivity index (χ2v) is 10.6. The van der Waals surface area contributed by atoms with Gasteiger partial charge in [-0.25, -0.2) is 0 Å². The van der Waals surface area contributed by atoms with E-state index in [1.54, 1.807) is 0 Å². The van der Waals surface area contributed by atoms with Crippen LogP contribution in [0.25, 0.3) is 38.1 Å². The van der Waals surface area contributed by atoms with E-state index in [4.69, 9.17) is 0 Å². The molecule has 39 heavy (non-hydrogen) atoms. The maximum atomic E-state index is 2.52. The highest BCUT2D eigenvalue weighted by Gasteiger charge is 2.16. The van der Waals surface area contributed by atoms with E-state index < -0.39 is 0 Å². The van der Waals surface area contributed by atoms with Crippen molar-refractivity contribution in [2.24, 2.45) is 0 Å². The normalized spacial score (nSPS) is 11.5. The lowest BCUT2D eigenvalue weighted by molar-refractivity contribution is 0.875. The van der Waals surface area contributed by atoms with Gasteiger partial charge in [-0.2, -0.15) is 0 Å². The number of fused-ring (bicyclic) bond motifs is 4. The summed E-state index contributed by atoms with van der Waals surface area (Å²) in [4.78, 5) is 0. The standard InChI is InChI=1S/C38H31N/c1-27-11-5-6-14-29(27)19-22-32-26-36-33-16-8-7-15-30(33)20-23-38(36)39(32)37-24-21-31(25-28-12-3-2-4-13-28)34-17-9-10-18-35(34)37/h2-18,20-21,23-24,26H,19,22,25H2,1H3. The van der Waals surface area contributed by atoms with E-state index in [1.165, 1.54) is 66.1 Å². The summed E-state index contributed by atoms with van der Waals surface area (Å²) in [5.41, 5.74) is 9.37. The molecule has 1 heterocycles. The predicted octanol–water partition coefficient (Wildman–Crippen LogP) is 9.62. The van der Waals surface area contributed by atoms with Crippen molar-refractivity contribution in [3.05, 3.63) is 161 Å². The first kappa shape index (κ1) is 23.5. The molecule has 0 saturated carbocycles. The van der Waals surface area contributed by atoms with E-state index in [0.717, 1.165) is 19.3 Å². The van der Waals surface area contributed by atoms with Crippen molar-refractivity contribution < 1.29 is 0 Å². The van der Waals surface area contributed by atoms with E-state index in [-0.39, 0.29) is 0 Å². The van der Waals surface area contributed by atoms with Gasteiger partial charge in [0.2, 0.25) is 0 Å². The highest BCUT2D eigenvalue weighted by Crippen LogP contribution is 2.35. The lowest BCUT2D eigenvalue weighted by atomic mass is 9.97. The van der Waals surface area contributed by atoms with Crippen LogP contribution in [-0.2, 0) is 19.3 Å². The van der Waals surface area contributed by atoms with Crippen molar-refractivity contribution in [2.75, 3.05) is 0 Å². The van der Waals surface area contributed by atoms with Crippen LogP contribution in [0.1, 0.15) is 27.9 Å². The minimum atomic E-state index is 0.929. The van der Waals surface area contributed by atoms with Crippen molar-refractivity contribution in [1.82, 2.24) is 4.57 Å². The first-order chi connectivity index (χ1) is 19.3. The number of rotatable bonds is 6. The Morgan fingerprint density at radius 2 is 1.23 bits per heavy atom. The third kappa shape index (κ3) is 4.30. The Labute approximate surface area is 230 Å². The number of hydrogen-bond acceptors (Lipinski definition) is 0. The SMILES string of the molecule is Cc1ccccc1CCc1cc2c3ccccc3ccc2n1-c1ccc(Cc2ccccc2)c2ccccc12. The van der Waals surface area contributed by atoms with Gasteiger partial charge >= 0.3 is 0 Å². The Hall–Kier alpha value is -4.62. The molecule has 0 radical (unpaired) electrons. The van der Waals surface area contributed by atoms with Crippen molar-refractivity contribution in [3.63, 3.8) is 0 Å². The van der Waals surface area contributed by atoms with Gasteiger partial charge in [0.1, 0.15) is 0 Å². The molecule has 0 saturated heterocycles. The molecule has 0 N–H and O–H groups in total. The summed E-state index contributed by atoms with van der Waals surface area (Å²) in [5, 5.41) is 6.55. The topological polar surface area (TPSA) is 4.93 Å². The molecule has 0 aliphatic heterocycles. The number of benzene rings is 6. The van der Waals surface area contributed by atoms with Gasteiger partial charge < -0.3 is 4.57 Å². The minimum Gasteiger partial charge on any atom is -0.313 e. The molecule has 0 aliphatic rings. The molecule has 1 aromatic heterocycles. The van der Waals surface area contributed by atoms with Crippen molar-refractivity contribution >= 4 is 32.4 Å². The highest BCUT2D eigenvalue weighted by atomic mass is 15.0. The fourth-order valence-corrected chi connectivity index (χ4v) is 6.15. The quantitative estimate of drug-likeness (QED) is 0.214. The van der Waals surface area contributed by atoms with Gasteiger partial charge in [0.25, 0.3) is 0 Å². The fourth-order valence-electron chi connectivity index (χ4n) is 6.15. The molecule has 0 bridgehead atoms. The van der Waals surface area contributed by atoms with Crippen molar-refractivity contribution in [1.29, 1.82) is 0 Å². The Bertz CT molecular complexity index is 1940. The number of nitrogens with zero attached hydrogens (tertiary/aromatic N) is 1. The van der Waals surface area contributed by atoms with Gasteiger partial charge in [0, 0.05) is 16.5 Å². The second kappa shape index (κ2) is 9.93. The van der Waals surface area contributed by atoms with Crippen LogP contribution in [0.3, 0.4) is 0 Å². The van der Waals surface area contributed by atoms with Gasteiger partial charge in [-0.15, -0.1) is 0 Å². The summed E-state index contributed by atoms with van der Waals surface area (Å²) in [6.45, 7) is 2.22. The first-order valence-electron chi connectivity index (χ1n) is 13.9. The van der Waals surface area contributed by atoms with E-state index in [0.29, 0.717) is 0 Å². The number of aryl methyl sites for hydroxylation is 3. The Balaban J connectivity index is 1.42. The van der Waals surface area contributed by atoms with Crippen LogP contribution in [0.5, 0.6) is 0 Å². The maximum Gasteiger partial charge on any atom is 0.0538 e. The van der Waals surface area contributed by atoms with Crippen molar-refractivity contribution in [3.8, 4) is 5.69 Å². The van der Waals surface area contributed by atoms with Gasteiger partial charge in [0.05, 0.1) is 11.2 Å². The molecule has 0 aliphatic carbocycles. The maximum absolute atomic E-state index is 2.52. The molecule has 0 unspecified atom stereocenters. The molecule has 7 aromatic rings. The van der Waals surface area contributed by atoms with Crippen LogP contribution in [0.4, 0.5) is 0 Å². The molecular formula is C38H31N. The van der Waals surface area contributed by atoms with Gasteiger partial charge in [-0.1, -0.05) is 115 Å². The summed E-state index contributed by atoms with van der Waals surface area (Å²) >= 11 is 0. The van der Waals surface area contributed by atoms with E-state index >= 15 is 0 Å². The van der Waals surface area contributed by atoms with Crippen molar-refractivity contribution in [2.45, 2.75) is 26.2 Å². The average Bonchev–Trinajstić information content (AvgIpc) is 3.36. The predicted molar refractivity (Wildman–Crippen MR) is 166 cm³/mol. The second-order valence-electron chi connectivity index (χ2n) is 10.6. The fraction of sp³-hybridized carbons (Fsp3) is 0.105. The monoisotopic (exact) mass is 501 g/mol. The zero-order chi connectivity index (χ0) is 26.2. The van der Waals surface area contributed by atoms with Gasteiger partial charge in [-0.05, 0) is 82.8 Å². The lowest BCUT2D eigenvalue weighted by Crippen LogP contribution is -2.04. The number of aromatic nitrogens is 1. The lowest BCUT2D eigenvalue weighted by Gasteiger charge is -2.17. The molecule has 6 aromatic carbocycles. The van der Waals surface area contributed by atoms with Gasteiger partial charge in [-0.3, -0.25) is 0 Å². The zero-order valence-corrected chi connectivity index (χ0v) is 22.3. The summed E-state index contributed by atoms with van der Waals surface area (Å²) in [6.07, 6.45) is 2.93. The first-order valence-corrected chi connectivity index (χ1v) is 13.9. The Morgan fingerprint density at radius 3 is 2.08 bits per heavy atom. The summed E-state index contributed by atoms with van der Waals surface area (Å²) in [6, 6.07) is 48.9. The molecule has 0 amide bonds. The largest absolute Gasteiger partial charge is 0.313 e. The summed E-state index contributed by atoms with van der Waals surface area (Å²) in [7, 11) is 0. The van der Waals surface area contributed by atoms with Crippen LogP contribution >= 0.6 is 0 Å². The Morgan fingerprint density at radius 1 is 0.513 bits per heavy atom. The van der Waals surface area contributed by atoms with Gasteiger partial charge in [0.15, 0.2) is 0 Å². The highest BCUT2D eigenvalue weighted by molar-refractivity contribution is 6.08. The molecule has 7 rings (SSSR count). The molecule has 1 nitrogen and oxygen atoms in total. The zero-order valence-electron chi connectivity index (χ0n) is 22.3. The minimum absolute atomic E-state index is 0.929. The van der Waals surface area contributed by atoms with E-state index in [9.17, 15) is 0 Å². The van der Waals surface area contributed by atoms with Crippen LogP contribution in [-0.4, -0.2) is 4.57 Å². The van der Waals surface area contributed by atoms with Crippen LogP contribution in [0.2, 0.25) is 0 Å². The number of hydrogen-bond donors (Lipinski definition) is 0. The summed E-state index contributed by atoms with van der Waals surface area (Å²) < 4.78 is 2.52. The summed E-state index contributed by atoms with van der Waals surface area (Å²) in [5.74, 6) is 0. The molecule has 0 fully saturated rings. The van der Waals surface area contributed by atoms with E-state index in [1.807, 2.05) is 0 Å². The average molecular weight is 502 g/mol. The molecule has 0 atom stereocenters. The molecule has 1 heteroatoms. The molecule has 188 valence electrons. The molecule has 0 spiro atoms. The Kier molecular flexibility index (Phi) is 5.98. The smallest absolute Gasteiger partial charge is 0.0538 e. The van der Waals surface area contributed by atoms with Crippen LogP contribution < -0.4 is 0 Å².